The summed E-state index contributed by atoms with van der Waals surface area (Å²) in [6.45, 7) is 0.991. The number of nitro groups is 1. The number of ether oxygens (including phenoxy) is 4. The molecule has 8 nitrogen and oxygen atoms in total. The fourth-order valence-electron chi connectivity index (χ4n) is 3.76. The predicted octanol–water partition coefficient (Wildman–Crippen LogP) is 2.52. The minimum absolute atomic E-state index is 0.0297. The van der Waals surface area contributed by atoms with Gasteiger partial charge in [0, 0.05) is 42.1 Å². The molecule has 0 radical (unpaired) electrons. The lowest BCUT2D eigenvalue weighted by Crippen LogP contribution is -2.41. The second kappa shape index (κ2) is 7.59. The molecule has 2 atom stereocenters. The summed E-state index contributed by atoms with van der Waals surface area (Å²) in [5, 5.41) is 11.7. The summed E-state index contributed by atoms with van der Waals surface area (Å²) >= 11 is 0. The average Bonchev–Trinajstić information content (AvgIpc) is 3.09. The number of carbonyl (C=O) groups is 1. The first kappa shape index (κ1) is 18.6. The number of benzene rings is 1. The first-order valence-electron chi connectivity index (χ1n) is 8.64. The number of hydrogen-bond acceptors (Lipinski definition) is 7. The second-order valence-corrected chi connectivity index (χ2v) is 6.63. The molecule has 1 saturated heterocycles. The molecule has 0 bridgehead atoms. The van der Waals surface area contributed by atoms with Crippen LogP contribution >= 0.6 is 0 Å². The molecule has 1 aromatic rings. The molecule has 1 aliphatic carbocycles. The van der Waals surface area contributed by atoms with E-state index in [1.54, 1.807) is 18.2 Å². The first-order valence-corrected chi connectivity index (χ1v) is 8.64. The van der Waals surface area contributed by atoms with Gasteiger partial charge in [0.2, 0.25) is 6.04 Å². The Kier molecular flexibility index (Phi) is 5.43. The van der Waals surface area contributed by atoms with Crippen LogP contribution in [0.2, 0.25) is 0 Å². The van der Waals surface area contributed by atoms with Crippen molar-refractivity contribution in [3.8, 4) is 11.5 Å². The third kappa shape index (κ3) is 3.66. The lowest BCUT2D eigenvalue weighted by atomic mass is 9.79. The van der Waals surface area contributed by atoms with Crippen LogP contribution in [0.4, 0.5) is 0 Å². The molecule has 0 N–H and O–H groups in total. The van der Waals surface area contributed by atoms with E-state index < -0.39 is 17.7 Å². The Hall–Kier alpha value is -2.19. The number of ketones is 1. The molecule has 142 valence electrons. The normalized spacial score (nSPS) is 23.0. The van der Waals surface area contributed by atoms with Gasteiger partial charge in [-0.3, -0.25) is 14.9 Å². The van der Waals surface area contributed by atoms with Crippen LogP contribution < -0.4 is 9.47 Å². The lowest BCUT2D eigenvalue weighted by molar-refractivity contribution is -0.531. The molecular formula is C18H23NO7. The molecule has 1 aromatic carbocycles. The quantitative estimate of drug-likeness (QED) is 0.564. The van der Waals surface area contributed by atoms with Crippen molar-refractivity contribution in [2.45, 2.75) is 37.5 Å². The summed E-state index contributed by atoms with van der Waals surface area (Å²) < 4.78 is 21.8. The highest BCUT2D eigenvalue weighted by molar-refractivity contribution is 5.82. The summed E-state index contributed by atoms with van der Waals surface area (Å²) in [7, 11) is 2.98. The van der Waals surface area contributed by atoms with E-state index in [1.807, 2.05) is 0 Å². The van der Waals surface area contributed by atoms with Gasteiger partial charge >= 0.3 is 0 Å². The summed E-state index contributed by atoms with van der Waals surface area (Å²) in [6.07, 6.45) is 1.31. The molecular weight excluding hydrogens is 342 g/mol. The van der Waals surface area contributed by atoms with Crippen LogP contribution in [0.25, 0.3) is 0 Å². The average molecular weight is 365 g/mol. The van der Waals surface area contributed by atoms with Crippen molar-refractivity contribution in [3.63, 3.8) is 0 Å². The maximum absolute atomic E-state index is 12.4. The van der Waals surface area contributed by atoms with E-state index in [1.165, 1.54) is 14.2 Å². The summed E-state index contributed by atoms with van der Waals surface area (Å²) in [5.74, 6) is -0.269. The van der Waals surface area contributed by atoms with Gasteiger partial charge in [-0.1, -0.05) is 0 Å². The van der Waals surface area contributed by atoms with Crippen molar-refractivity contribution in [3.05, 3.63) is 33.9 Å². The zero-order chi connectivity index (χ0) is 18.7. The highest BCUT2D eigenvalue weighted by atomic mass is 16.7. The Morgan fingerprint density at radius 2 is 1.96 bits per heavy atom. The zero-order valence-corrected chi connectivity index (χ0v) is 14.9. The Bertz CT molecular complexity index is 684. The third-order valence-electron chi connectivity index (χ3n) is 5.13. The highest BCUT2D eigenvalue weighted by Crippen LogP contribution is 2.41. The van der Waals surface area contributed by atoms with Gasteiger partial charge in [-0.2, -0.15) is 0 Å². The van der Waals surface area contributed by atoms with Gasteiger partial charge in [0.25, 0.3) is 0 Å². The van der Waals surface area contributed by atoms with Gasteiger partial charge in [0.1, 0.15) is 5.78 Å². The van der Waals surface area contributed by atoms with E-state index in [0.29, 0.717) is 49.5 Å². The summed E-state index contributed by atoms with van der Waals surface area (Å²) in [4.78, 5) is 23.7. The maximum atomic E-state index is 12.4. The Labute approximate surface area is 151 Å². The topological polar surface area (TPSA) is 97.1 Å². The molecule has 0 amide bonds. The number of hydrogen-bond donors (Lipinski definition) is 0. The van der Waals surface area contributed by atoms with Gasteiger partial charge in [-0.05, 0) is 18.2 Å². The van der Waals surface area contributed by atoms with Crippen molar-refractivity contribution in [2.24, 2.45) is 5.92 Å². The molecule has 1 aliphatic heterocycles. The predicted molar refractivity (Wildman–Crippen MR) is 90.9 cm³/mol. The number of Topliss-reactive ketones (excluding diaryl/α,β-unsaturated/α-hetero) is 1. The lowest BCUT2D eigenvalue weighted by Gasteiger charge is -2.35. The summed E-state index contributed by atoms with van der Waals surface area (Å²) in [6, 6.07) is 3.86. The zero-order valence-electron chi connectivity index (χ0n) is 14.9. The number of carbonyl (C=O) groups excluding carboxylic acids is 1. The highest BCUT2D eigenvalue weighted by Gasteiger charge is 2.46. The van der Waals surface area contributed by atoms with Crippen LogP contribution in [0, 0.1) is 16.0 Å². The Morgan fingerprint density at radius 3 is 2.58 bits per heavy atom. The van der Waals surface area contributed by atoms with Crippen LogP contribution in [0.15, 0.2) is 18.2 Å². The van der Waals surface area contributed by atoms with E-state index in [-0.39, 0.29) is 17.1 Å². The monoisotopic (exact) mass is 365 g/mol. The molecule has 1 heterocycles. The Balaban J connectivity index is 1.82. The van der Waals surface area contributed by atoms with Crippen molar-refractivity contribution < 1.29 is 28.7 Å². The largest absolute Gasteiger partial charge is 0.493 e. The van der Waals surface area contributed by atoms with Crippen molar-refractivity contribution >= 4 is 5.78 Å². The molecule has 1 spiro atoms. The van der Waals surface area contributed by atoms with E-state index in [0.717, 1.165) is 0 Å². The van der Waals surface area contributed by atoms with Gasteiger partial charge in [0.15, 0.2) is 17.3 Å². The Morgan fingerprint density at radius 1 is 1.27 bits per heavy atom. The van der Waals surface area contributed by atoms with Crippen molar-refractivity contribution in [1.29, 1.82) is 0 Å². The minimum atomic E-state index is -1.01. The SMILES string of the molecule is COc1ccc([C@@H](C[C@@H]2CC3(CCC2=O)OCCO3)[N+](=O)[O-])cc1OC. The fourth-order valence-corrected chi connectivity index (χ4v) is 3.76. The molecule has 1 saturated carbocycles. The van der Waals surface area contributed by atoms with E-state index >= 15 is 0 Å². The summed E-state index contributed by atoms with van der Waals surface area (Å²) in [5.41, 5.74) is 0.480. The number of nitrogens with zero attached hydrogens (tertiary/aromatic N) is 1. The second-order valence-electron chi connectivity index (χ2n) is 6.63. The van der Waals surface area contributed by atoms with Crippen LogP contribution in [0.5, 0.6) is 11.5 Å². The van der Waals surface area contributed by atoms with Crippen LogP contribution in [0.1, 0.15) is 37.3 Å². The third-order valence-corrected chi connectivity index (χ3v) is 5.13. The van der Waals surface area contributed by atoms with Crippen molar-refractivity contribution in [1.82, 2.24) is 0 Å². The van der Waals surface area contributed by atoms with Gasteiger partial charge in [-0.25, -0.2) is 0 Å². The number of methoxy groups -OCH3 is 2. The van der Waals surface area contributed by atoms with E-state index in [9.17, 15) is 14.9 Å². The van der Waals surface area contributed by atoms with Gasteiger partial charge < -0.3 is 18.9 Å². The molecule has 8 heteroatoms. The minimum Gasteiger partial charge on any atom is -0.493 e. The first-order chi connectivity index (χ1) is 12.5. The molecule has 2 fully saturated rings. The smallest absolute Gasteiger partial charge is 0.238 e. The van der Waals surface area contributed by atoms with Crippen molar-refractivity contribution in [2.75, 3.05) is 27.4 Å². The van der Waals surface area contributed by atoms with Crippen LogP contribution in [-0.4, -0.2) is 43.9 Å². The van der Waals surface area contributed by atoms with Gasteiger partial charge in [-0.15, -0.1) is 0 Å². The maximum Gasteiger partial charge on any atom is 0.238 e. The van der Waals surface area contributed by atoms with Crippen LogP contribution in [0.3, 0.4) is 0 Å². The molecule has 0 unspecified atom stereocenters. The molecule has 3 rings (SSSR count). The fraction of sp³-hybridized carbons (Fsp3) is 0.611. The van der Waals surface area contributed by atoms with Crippen LogP contribution in [-0.2, 0) is 14.3 Å². The molecule has 0 aromatic heterocycles. The van der Waals surface area contributed by atoms with E-state index in [4.69, 9.17) is 18.9 Å². The molecule has 26 heavy (non-hydrogen) atoms. The van der Waals surface area contributed by atoms with E-state index in [2.05, 4.69) is 0 Å². The van der Waals surface area contributed by atoms with Gasteiger partial charge in [0.05, 0.1) is 27.4 Å². The standard InChI is InChI=1S/C18H23NO7/c1-23-16-4-3-12(10-17(16)24-2)14(19(21)22)9-13-11-18(6-5-15(13)20)25-7-8-26-18/h3-4,10,13-14H,5-9,11H2,1-2H3/t13-,14-/m1/s1. The number of rotatable bonds is 6. The molecule has 2 aliphatic rings.